The fourth-order valence-corrected chi connectivity index (χ4v) is 3.76. The molecule has 0 amide bonds. The topological polar surface area (TPSA) is 75.3 Å². The molecule has 0 aliphatic heterocycles. The van der Waals surface area contributed by atoms with E-state index in [-0.39, 0.29) is 24.0 Å². The van der Waals surface area contributed by atoms with E-state index in [1.807, 2.05) is 0 Å². The number of guanidine groups is 1. The molecule has 0 aliphatic rings. The predicted molar refractivity (Wildman–Crippen MR) is 119 cm³/mol. The smallest absolute Gasteiger partial charge is 0.191 e. The third-order valence-corrected chi connectivity index (χ3v) is 5.24. The summed E-state index contributed by atoms with van der Waals surface area (Å²) in [5.74, 6) is 1.74. The number of aliphatic imine (C=N–C) groups is 1. The predicted octanol–water partition coefficient (Wildman–Crippen LogP) is 3.65. The summed E-state index contributed by atoms with van der Waals surface area (Å²) in [6.07, 6.45) is 3.62. The fraction of sp³-hybridized carbons (Fsp3) is 0.611. The van der Waals surface area contributed by atoms with Gasteiger partial charge in [-0.15, -0.1) is 35.3 Å². The zero-order valence-electron chi connectivity index (χ0n) is 16.3. The zero-order chi connectivity index (χ0) is 18.2. The van der Waals surface area contributed by atoms with Gasteiger partial charge in [-0.1, -0.05) is 25.9 Å². The number of nitrogens with zero attached hydrogens (tertiary/aromatic N) is 3. The third kappa shape index (κ3) is 5.94. The second kappa shape index (κ2) is 11.5. The summed E-state index contributed by atoms with van der Waals surface area (Å²) in [4.78, 5) is 10.3. The standard InChI is InChI=1S/C18H29N5OS.HI/c1-6-14-12(4)25-17(22-14)9-10-20-18(19-5)21-11-13-15(7-2)23-24-16(13)8-3;/h6-11H2,1-5H3,(H2,19,20,21);1H. The highest BCUT2D eigenvalue weighted by Gasteiger charge is 2.13. The molecule has 2 rings (SSSR count). The lowest BCUT2D eigenvalue weighted by atomic mass is 10.1. The largest absolute Gasteiger partial charge is 0.361 e. The van der Waals surface area contributed by atoms with Crippen molar-refractivity contribution < 1.29 is 4.52 Å². The van der Waals surface area contributed by atoms with Gasteiger partial charge in [-0.3, -0.25) is 4.99 Å². The first-order chi connectivity index (χ1) is 12.1. The molecule has 0 atom stereocenters. The number of nitrogens with one attached hydrogen (secondary N) is 2. The molecule has 0 unspecified atom stereocenters. The van der Waals surface area contributed by atoms with E-state index >= 15 is 0 Å². The van der Waals surface area contributed by atoms with E-state index in [9.17, 15) is 0 Å². The first kappa shape index (κ1) is 22.9. The number of rotatable bonds is 8. The molecule has 8 heteroatoms. The number of hydrogen-bond acceptors (Lipinski definition) is 5. The van der Waals surface area contributed by atoms with E-state index in [1.165, 1.54) is 15.6 Å². The molecule has 2 aromatic rings. The highest BCUT2D eigenvalue weighted by atomic mass is 127. The van der Waals surface area contributed by atoms with Crippen LogP contribution in [0.5, 0.6) is 0 Å². The van der Waals surface area contributed by atoms with Gasteiger partial charge in [0.1, 0.15) is 5.76 Å². The maximum atomic E-state index is 5.41. The minimum Gasteiger partial charge on any atom is -0.361 e. The normalized spacial score (nSPS) is 11.3. The summed E-state index contributed by atoms with van der Waals surface area (Å²) in [5.41, 5.74) is 3.38. The van der Waals surface area contributed by atoms with Crippen LogP contribution in [0.3, 0.4) is 0 Å². The lowest BCUT2D eigenvalue weighted by Gasteiger charge is -2.11. The van der Waals surface area contributed by atoms with Crippen LogP contribution in [-0.4, -0.2) is 29.7 Å². The van der Waals surface area contributed by atoms with E-state index in [1.54, 1.807) is 18.4 Å². The molecule has 0 aliphatic carbocycles. The molecule has 0 bridgehead atoms. The van der Waals surface area contributed by atoms with Crippen molar-refractivity contribution in [1.29, 1.82) is 0 Å². The van der Waals surface area contributed by atoms with E-state index in [2.05, 4.69) is 53.5 Å². The Hall–Kier alpha value is -1.16. The van der Waals surface area contributed by atoms with Crippen LogP contribution in [0.15, 0.2) is 9.52 Å². The van der Waals surface area contributed by atoms with Crippen LogP contribution in [-0.2, 0) is 32.2 Å². The second-order valence-electron chi connectivity index (χ2n) is 5.80. The van der Waals surface area contributed by atoms with Crippen molar-refractivity contribution in [2.75, 3.05) is 13.6 Å². The molecule has 2 heterocycles. The second-order valence-corrected chi connectivity index (χ2v) is 7.09. The third-order valence-electron chi connectivity index (χ3n) is 4.17. The Morgan fingerprint density at radius 2 is 1.85 bits per heavy atom. The van der Waals surface area contributed by atoms with Crippen molar-refractivity contribution >= 4 is 41.3 Å². The van der Waals surface area contributed by atoms with Crippen LogP contribution in [0.2, 0.25) is 0 Å². The van der Waals surface area contributed by atoms with Gasteiger partial charge in [-0.2, -0.15) is 0 Å². The van der Waals surface area contributed by atoms with Crippen LogP contribution >= 0.6 is 35.3 Å². The van der Waals surface area contributed by atoms with Crippen LogP contribution < -0.4 is 10.6 Å². The van der Waals surface area contributed by atoms with Crippen LogP contribution in [0, 0.1) is 6.92 Å². The van der Waals surface area contributed by atoms with E-state index in [4.69, 9.17) is 4.52 Å². The lowest BCUT2D eigenvalue weighted by molar-refractivity contribution is 0.380. The molecule has 26 heavy (non-hydrogen) atoms. The number of aromatic nitrogens is 2. The quantitative estimate of drug-likeness (QED) is 0.335. The van der Waals surface area contributed by atoms with Crippen molar-refractivity contribution in [3.05, 3.63) is 32.6 Å². The van der Waals surface area contributed by atoms with E-state index in [0.29, 0.717) is 6.54 Å². The minimum absolute atomic E-state index is 0. The van der Waals surface area contributed by atoms with Gasteiger partial charge in [0.25, 0.3) is 0 Å². The Morgan fingerprint density at radius 3 is 2.42 bits per heavy atom. The summed E-state index contributed by atoms with van der Waals surface area (Å²) in [7, 11) is 1.78. The number of halogens is 1. The molecular formula is C18H30IN5OS. The SMILES string of the molecule is CCc1nc(CCNC(=NC)NCc2c(CC)noc2CC)sc1C.I. The molecular weight excluding hydrogens is 461 g/mol. The fourth-order valence-electron chi connectivity index (χ4n) is 2.74. The van der Waals surface area contributed by atoms with Crippen LogP contribution in [0.1, 0.15) is 53.4 Å². The first-order valence-electron chi connectivity index (χ1n) is 8.98. The number of hydrogen-bond donors (Lipinski definition) is 2. The highest BCUT2D eigenvalue weighted by Crippen LogP contribution is 2.18. The maximum Gasteiger partial charge on any atom is 0.191 e. The summed E-state index contributed by atoms with van der Waals surface area (Å²) >= 11 is 1.79. The van der Waals surface area contributed by atoms with Gasteiger partial charge in [-0.05, 0) is 19.8 Å². The average molecular weight is 491 g/mol. The average Bonchev–Trinajstić information content (AvgIpc) is 3.19. The minimum atomic E-state index is 0. The van der Waals surface area contributed by atoms with Crippen LogP contribution in [0.4, 0.5) is 0 Å². The van der Waals surface area contributed by atoms with Gasteiger partial charge in [0.2, 0.25) is 0 Å². The Morgan fingerprint density at radius 1 is 1.12 bits per heavy atom. The van der Waals surface area contributed by atoms with Crippen molar-refractivity contribution in [3.8, 4) is 0 Å². The van der Waals surface area contributed by atoms with Gasteiger partial charge in [0.05, 0.1) is 16.4 Å². The molecule has 0 saturated carbocycles. The number of aryl methyl sites for hydroxylation is 4. The molecule has 2 N–H and O–H groups in total. The van der Waals surface area contributed by atoms with E-state index in [0.717, 1.165) is 55.2 Å². The van der Waals surface area contributed by atoms with E-state index < -0.39 is 0 Å². The van der Waals surface area contributed by atoms with Gasteiger partial charge >= 0.3 is 0 Å². The first-order valence-corrected chi connectivity index (χ1v) is 9.80. The van der Waals surface area contributed by atoms with Gasteiger partial charge in [0.15, 0.2) is 5.96 Å². The van der Waals surface area contributed by atoms with Gasteiger partial charge in [-0.25, -0.2) is 4.98 Å². The molecule has 0 radical (unpaired) electrons. The Kier molecular flexibility index (Phi) is 10.1. The number of thiazole rings is 1. The molecule has 6 nitrogen and oxygen atoms in total. The summed E-state index contributed by atoms with van der Waals surface area (Å²) in [5, 5.41) is 12.0. The van der Waals surface area contributed by atoms with Crippen molar-refractivity contribution in [1.82, 2.24) is 20.8 Å². The maximum absolute atomic E-state index is 5.41. The van der Waals surface area contributed by atoms with Crippen molar-refractivity contribution in [3.63, 3.8) is 0 Å². The Bertz CT molecular complexity index is 689. The Balaban J connectivity index is 0.00000338. The molecule has 0 fully saturated rings. The highest BCUT2D eigenvalue weighted by molar-refractivity contribution is 14.0. The molecule has 146 valence electrons. The Labute approximate surface area is 177 Å². The van der Waals surface area contributed by atoms with Crippen LogP contribution in [0.25, 0.3) is 0 Å². The van der Waals surface area contributed by atoms with Gasteiger partial charge < -0.3 is 15.2 Å². The van der Waals surface area contributed by atoms with Gasteiger partial charge in [0, 0.05) is 43.4 Å². The molecule has 0 saturated heterocycles. The lowest BCUT2D eigenvalue weighted by Crippen LogP contribution is -2.38. The molecule has 2 aromatic heterocycles. The van der Waals surface area contributed by atoms with Crippen molar-refractivity contribution in [2.24, 2.45) is 4.99 Å². The summed E-state index contributed by atoms with van der Waals surface area (Å²) in [6, 6.07) is 0. The molecule has 0 spiro atoms. The summed E-state index contributed by atoms with van der Waals surface area (Å²) < 4.78 is 5.41. The van der Waals surface area contributed by atoms with Crippen molar-refractivity contribution in [2.45, 2.75) is 59.9 Å². The summed E-state index contributed by atoms with van der Waals surface area (Å²) in [6.45, 7) is 9.94. The monoisotopic (exact) mass is 491 g/mol. The zero-order valence-corrected chi connectivity index (χ0v) is 19.5. The molecule has 0 aromatic carbocycles.